The number of likely N-dealkylation sites (tertiary alicyclic amines) is 2. The van der Waals surface area contributed by atoms with Crippen molar-refractivity contribution >= 4 is 17.6 Å². The number of carbonyl (C=O) groups is 2. The van der Waals surface area contributed by atoms with E-state index in [1.165, 1.54) is 6.07 Å². The Labute approximate surface area is 141 Å². The van der Waals surface area contributed by atoms with Crippen molar-refractivity contribution in [2.24, 2.45) is 0 Å². The maximum absolute atomic E-state index is 14.0. The maximum atomic E-state index is 14.0. The molecule has 3 rings (SSSR count). The average molecular weight is 333 g/mol. The van der Waals surface area contributed by atoms with E-state index in [1.54, 1.807) is 17.0 Å². The molecule has 1 N–H and O–H groups in total. The maximum Gasteiger partial charge on any atom is 0.322 e. The van der Waals surface area contributed by atoms with Crippen LogP contribution < -0.4 is 5.32 Å². The van der Waals surface area contributed by atoms with Gasteiger partial charge in [0.25, 0.3) is 0 Å². The van der Waals surface area contributed by atoms with Crippen LogP contribution in [0, 0.1) is 12.7 Å². The van der Waals surface area contributed by atoms with E-state index in [2.05, 4.69) is 5.32 Å². The molecular formula is C18H24FN3O2. The standard InChI is InChI=1S/C18H24FN3O2/c1-13-7-8-16(15(19)11-13)20-18(24)22-10-3-2-5-14(22)12-21-9-4-6-17(21)23/h7-8,11,14H,2-6,9-10,12H2,1H3,(H,20,24)/t14-/m1/s1. The number of aryl methyl sites for hydroxylation is 1. The Morgan fingerprint density at radius 2 is 2.12 bits per heavy atom. The van der Waals surface area contributed by atoms with Gasteiger partial charge in [0.2, 0.25) is 5.91 Å². The number of hydrogen-bond donors (Lipinski definition) is 1. The molecule has 0 radical (unpaired) electrons. The summed E-state index contributed by atoms with van der Waals surface area (Å²) in [7, 11) is 0. The van der Waals surface area contributed by atoms with E-state index in [9.17, 15) is 14.0 Å². The number of benzene rings is 1. The zero-order chi connectivity index (χ0) is 17.1. The van der Waals surface area contributed by atoms with Crippen LogP contribution in [0.5, 0.6) is 0 Å². The van der Waals surface area contributed by atoms with Crippen LogP contribution in [0.3, 0.4) is 0 Å². The second-order valence-electron chi connectivity index (χ2n) is 6.70. The second kappa shape index (κ2) is 7.20. The molecule has 24 heavy (non-hydrogen) atoms. The van der Waals surface area contributed by atoms with Crippen molar-refractivity contribution < 1.29 is 14.0 Å². The highest BCUT2D eigenvalue weighted by Crippen LogP contribution is 2.22. The lowest BCUT2D eigenvalue weighted by Gasteiger charge is -2.37. The zero-order valence-electron chi connectivity index (χ0n) is 14.1. The van der Waals surface area contributed by atoms with Crippen LogP contribution in [0.1, 0.15) is 37.7 Å². The summed E-state index contributed by atoms with van der Waals surface area (Å²) in [6, 6.07) is 4.50. The first-order valence-electron chi connectivity index (χ1n) is 8.66. The summed E-state index contributed by atoms with van der Waals surface area (Å²) in [5, 5.41) is 2.68. The lowest BCUT2D eigenvalue weighted by molar-refractivity contribution is -0.128. The fraction of sp³-hybridized carbons (Fsp3) is 0.556. The number of anilines is 1. The van der Waals surface area contributed by atoms with Crippen LogP contribution in [0.2, 0.25) is 0 Å². The van der Waals surface area contributed by atoms with Crippen molar-refractivity contribution in [1.29, 1.82) is 0 Å². The van der Waals surface area contributed by atoms with Crippen LogP contribution in [-0.2, 0) is 4.79 Å². The lowest BCUT2D eigenvalue weighted by Crippen LogP contribution is -2.51. The highest BCUT2D eigenvalue weighted by Gasteiger charge is 2.31. The van der Waals surface area contributed by atoms with Crippen LogP contribution in [0.15, 0.2) is 18.2 Å². The molecule has 2 aliphatic rings. The van der Waals surface area contributed by atoms with Crippen molar-refractivity contribution in [3.8, 4) is 0 Å². The highest BCUT2D eigenvalue weighted by molar-refractivity contribution is 5.90. The fourth-order valence-electron chi connectivity index (χ4n) is 3.52. The number of halogens is 1. The number of urea groups is 1. The first kappa shape index (κ1) is 16.7. The van der Waals surface area contributed by atoms with E-state index in [4.69, 9.17) is 0 Å². The summed E-state index contributed by atoms with van der Waals surface area (Å²) in [5.41, 5.74) is 1.01. The number of amides is 3. The molecule has 0 aromatic heterocycles. The van der Waals surface area contributed by atoms with E-state index in [0.29, 0.717) is 19.5 Å². The molecule has 1 aromatic rings. The Balaban J connectivity index is 1.67. The number of piperidine rings is 1. The lowest BCUT2D eigenvalue weighted by atomic mass is 10.0. The van der Waals surface area contributed by atoms with E-state index in [0.717, 1.165) is 37.8 Å². The quantitative estimate of drug-likeness (QED) is 0.924. The number of hydrogen-bond acceptors (Lipinski definition) is 2. The van der Waals surface area contributed by atoms with Gasteiger partial charge in [-0.15, -0.1) is 0 Å². The van der Waals surface area contributed by atoms with Crippen molar-refractivity contribution in [1.82, 2.24) is 9.80 Å². The number of nitrogens with zero attached hydrogens (tertiary/aromatic N) is 2. The van der Waals surface area contributed by atoms with Gasteiger partial charge in [-0.3, -0.25) is 4.79 Å². The molecule has 2 aliphatic heterocycles. The van der Waals surface area contributed by atoms with Crippen molar-refractivity contribution in [2.45, 2.75) is 45.1 Å². The molecule has 2 heterocycles. The van der Waals surface area contributed by atoms with Gasteiger partial charge in [0.15, 0.2) is 0 Å². The summed E-state index contributed by atoms with van der Waals surface area (Å²) in [4.78, 5) is 28.1. The third-order valence-corrected chi connectivity index (χ3v) is 4.86. The molecule has 1 aromatic carbocycles. The summed E-state index contributed by atoms with van der Waals surface area (Å²) >= 11 is 0. The summed E-state index contributed by atoms with van der Waals surface area (Å²) in [5.74, 6) is -0.253. The van der Waals surface area contributed by atoms with Gasteiger partial charge in [-0.05, 0) is 50.3 Å². The molecule has 2 fully saturated rings. The van der Waals surface area contributed by atoms with E-state index in [1.807, 2.05) is 11.8 Å². The first-order chi connectivity index (χ1) is 11.5. The third-order valence-electron chi connectivity index (χ3n) is 4.86. The van der Waals surface area contributed by atoms with Gasteiger partial charge in [0, 0.05) is 26.1 Å². The topological polar surface area (TPSA) is 52.7 Å². The van der Waals surface area contributed by atoms with Crippen LogP contribution in [0.4, 0.5) is 14.9 Å². The van der Waals surface area contributed by atoms with Gasteiger partial charge in [-0.25, -0.2) is 9.18 Å². The predicted octanol–water partition coefficient (Wildman–Crippen LogP) is 3.14. The Kier molecular flexibility index (Phi) is 5.02. The van der Waals surface area contributed by atoms with Crippen LogP contribution >= 0.6 is 0 Å². The number of nitrogens with one attached hydrogen (secondary N) is 1. The van der Waals surface area contributed by atoms with Gasteiger partial charge in [0.05, 0.1) is 11.7 Å². The Hall–Kier alpha value is -2.11. The molecule has 0 spiro atoms. The van der Waals surface area contributed by atoms with Crippen LogP contribution in [-0.4, -0.2) is 47.4 Å². The van der Waals surface area contributed by atoms with Gasteiger partial charge in [-0.1, -0.05) is 6.07 Å². The Morgan fingerprint density at radius 1 is 1.29 bits per heavy atom. The average Bonchev–Trinajstić information content (AvgIpc) is 2.95. The molecule has 0 saturated carbocycles. The summed E-state index contributed by atoms with van der Waals surface area (Å²) in [6.45, 7) is 3.81. The number of rotatable bonds is 3. The minimum absolute atomic E-state index is 0.00862. The van der Waals surface area contributed by atoms with E-state index < -0.39 is 5.82 Å². The van der Waals surface area contributed by atoms with Crippen molar-refractivity contribution in [3.05, 3.63) is 29.6 Å². The second-order valence-corrected chi connectivity index (χ2v) is 6.70. The van der Waals surface area contributed by atoms with Gasteiger partial charge >= 0.3 is 6.03 Å². The predicted molar refractivity (Wildman–Crippen MR) is 90.3 cm³/mol. The largest absolute Gasteiger partial charge is 0.341 e. The molecule has 0 aliphatic carbocycles. The monoisotopic (exact) mass is 333 g/mol. The van der Waals surface area contributed by atoms with Crippen LogP contribution in [0.25, 0.3) is 0 Å². The molecule has 2 saturated heterocycles. The van der Waals surface area contributed by atoms with Gasteiger partial charge in [-0.2, -0.15) is 0 Å². The van der Waals surface area contributed by atoms with Crippen molar-refractivity contribution in [2.75, 3.05) is 25.0 Å². The summed E-state index contributed by atoms with van der Waals surface area (Å²) < 4.78 is 14.0. The minimum Gasteiger partial charge on any atom is -0.341 e. The minimum atomic E-state index is -0.424. The molecule has 5 nitrogen and oxygen atoms in total. The van der Waals surface area contributed by atoms with Gasteiger partial charge in [0.1, 0.15) is 5.82 Å². The fourth-order valence-corrected chi connectivity index (χ4v) is 3.52. The highest BCUT2D eigenvalue weighted by atomic mass is 19.1. The van der Waals surface area contributed by atoms with E-state index in [-0.39, 0.29) is 23.7 Å². The first-order valence-corrected chi connectivity index (χ1v) is 8.66. The zero-order valence-corrected chi connectivity index (χ0v) is 14.1. The number of carbonyl (C=O) groups excluding carboxylic acids is 2. The van der Waals surface area contributed by atoms with Gasteiger partial charge < -0.3 is 15.1 Å². The van der Waals surface area contributed by atoms with Crippen molar-refractivity contribution in [3.63, 3.8) is 0 Å². The molecule has 0 unspecified atom stereocenters. The normalized spacial score (nSPS) is 21.2. The Bertz CT molecular complexity index is 635. The SMILES string of the molecule is Cc1ccc(NC(=O)N2CCCC[C@@H]2CN2CCCC2=O)c(F)c1. The smallest absolute Gasteiger partial charge is 0.322 e. The molecule has 130 valence electrons. The molecular weight excluding hydrogens is 309 g/mol. The third kappa shape index (κ3) is 3.68. The van der Waals surface area contributed by atoms with E-state index >= 15 is 0 Å². The molecule has 1 atom stereocenters. The molecule has 6 heteroatoms. The Morgan fingerprint density at radius 3 is 2.83 bits per heavy atom. The summed E-state index contributed by atoms with van der Waals surface area (Å²) in [6.07, 6.45) is 4.37. The molecule has 0 bridgehead atoms. The molecule has 3 amide bonds.